The summed E-state index contributed by atoms with van der Waals surface area (Å²) in [5, 5.41) is 2.79. The number of para-hydroxylation sites is 1. The van der Waals surface area contributed by atoms with E-state index in [9.17, 15) is 4.79 Å². The van der Waals surface area contributed by atoms with Crippen LogP contribution in [0.15, 0.2) is 48.5 Å². The van der Waals surface area contributed by atoms with E-state index < -0.39 is 0 Å². The first-order valence-corrected chi connectivity index (χ1v) is 11.2. The van der Waals surface area contributed by atoms with E-state index in [1.54, 1.807) is 0 Å². The first-order valence-electron chi connectivity index (χ1n) is 10.7. The second-order valence-corrected chi connectivity index (χ2v) is 8.54. The average molecular weight is 412 g/mol. The van der Waals surface area contributed by atoms with Gasteiger partial charge in [0.05, 0.1) is 0 Å². The van der Waals surface area contributed by atoms with Crippen LogP contribution in [0.2, 0.25) is 0 Å². The van der Waals surface area contributed by atoms with Crippen molar-refractivity contribution < 1.29 is 4.79 Å². The number of nitrogens with zero attached hydrogens (tertiary/aromatic N) is 2. The summed E-state index contributed by atoms with van der Waals surface area (Å²) in [6.45, 7) is 5.82. The molecule has 2 aliphatic rings. The predicted molar refractivity (Wildman–Crippen MR) is 121 cm³/mol. The van der Waals surface area contributed by atoms with Gasteiger partial charge in [-0.2, -0.15) is 0 Å². The van der Waals surface area contributed by atoms with Crippen LogP contribution in [0, 0.1) is 0 Å². The first-order chi connectivity index (χ1) is 14.1. The minimum absolute atomic E-state index is 0.0161. The molecule has 1 N–H and O–H groups in total. The van der Waals surface area contributed by atoms with Gasteiger partial charge in [0.15, 0.2) is 0 Å². The lowest BCUT2D eigenvalue weighted by Gasteiger charge is -2.40. The zero-order valence-electron chi connectivity index (χ0n) is 17.1. The van der Waals surface area contributed by atoms with Gasteiger partial charge in [-0.3, -0.25) is 4.79 Å². The molecule has 1 unspecified atom stereocenters. The van der Waals surface area contributed by atoms with Crippen molar-refractivity contribution in [3.8, 4) is 0 Å². The molecule has 1 fully saturated rings. The molecule has 2 aliphatic heterocycles. The van der Waals surface area contributed by atoms with Crippen LogP contribution in [0.5, 0.6) is 0 Å². The molecule has 2 aromatic rings. The van der Waals surface area contributed by atoms with Crippen LogP contribution in [0.4, 0.5) is 11.4 Å². The molecule has 0 spiro atoms. The third-order valence-electron chi connectivity index (χ3n) is 6.38. The SMILES string of the molecule is CC(Cc1ccc(NC(=O)CCl)cc1)N1CCC(N2CCc3ccccc32)CC1. The van der Waals surface area contributed by atoms with E-state index in [-0.39, 0.29) is 11.8 Å². The van der Waals surface area contributed by atoms with Gasteiger partial charge < -0.3 is 15.1 Å². The Balaban J connectivity index is 1.28. The van der Waals surface area contributed by atoms with Gasteiger partial charge in [0.1, 0.15) is 5.88 Å². The largest absolute Gasteiger partial charge is 0.368 e. The third-order valence-corrected chi connectivity index (χ3v) is 6.62. The number of fused-ring (bicyclic) bond motifs is 1. The molecule has 1 atom stereocenters. The summed E-state index contributed by atoms with van der Waals surface area (Å²) in [6.07, 6.45) is 4.69. The summed E-state index contributed by atoms with van der Waals surface area (Å²) in [7, 11) is 0. The number of amides is 1. The normalized spacial score (nSPS) is 18.5. The van der Waals surface area contributed by atoms with Crippen LogP contribution in [0.1, 0.15) is 30.9 Å². The minimum atomic E-state index is -0.170. The highest BCUT2D eigenvalue weighted by molar-refractivity contribution is 6.29. The molecule has 0 radical (unpaired) electrons. The molecular weight excluding hydrogens is 382 g/mol. The Labute approximate surface area is 178 Å². The molecule has 4 rings (SSSR count). The quantitative estimate of drug-likeness (QED) is 0.719. The van der Waals surface area contributed by atoms with Crippen molar-refractivity contribution in [2.24, 2.45) is 0 Å². The summed E-state index contributed by atoms with van der Waals surface area (Å²) >= 11 is 5.54. The number of hydrogen-bond donors (Lipinski definition) is 1. The number of benzene rings is 2. The van der Waals surface area contributed by atoms with Gasteiger partial charge in [-0.05, 0) is 61.9 Å². The zero-order chi connectivity index (χ0) is 20.2. The number of piperidine rings is 1. The molecule has 0 bridgehead atoms. The molecule has 5 heteroatoms. The molecule has 1 amide bonds. The van der Waals surface area contributed by atoms with Crippen LogP contribution in [0.25, 0.3) is 0 Å². The van der Waals surface area contributed by atoms with E-state index >= 15 is 0 Å². The third kappa shape index (κ3) is 4.76. The number of carbonyl (C=O) groups is 1. The number of alkyl halides is 1. The van der Waals surface area contributed by atoms with Gasteiger partial charge in [0, 0.05) is 43.1 Å². The number of carbonyl (C=O) groups excluding carboxylic acids is 1. The second-order valence-electron chi connectivity index (χ2n) is 8.27. The first kappa shape index (κ1) is 20.2. The van der Waals surface area contributed by atoms with Crippen LogP contribution in [-0.2, 0) is 17.6 Å². The highest BCUT2D eigenvalue weighted by Gasteiger charge is 2.30. The smallest absolute Gasteiger partial charge is 0.239 e. The standard InChI is InChI=1S/C24H30ClN3O/c1-18(16-19-6-8-21(9-7-19)26-24(29)17-25)27-13-11-22(12-14-27)28-15-10-20-4-2-3-5-23(20)28/h2-9,18,22H,10-17H2,1H3,(H,26,29). The maximum absolute atomic E-state index is 11.4. The van der Waals surface area contributed by atoms with Gasteiger partial charge in [-0.1, -0.05) is 30.3 Å². The molecule has 2 heterocycles. The van der Waals surface area contributed by atoms with E-state index in [0.717, 1.165) is 25.2 Å². The van der Waals surface area contributed by atoms with Crippen molar-refractivity contribution in [3.05, 3.63) is 59.7 Å². The fourth-order valence-corrected chi connectivity index (χ4v) is 4.84. The molecule has 1 saturated heterocycles. The van der Waals surface area contributed by atoms with Crippen molar-refractivity contribution in [1.82, 2.24) is 4.90 Å². The van der Waals surface area contributed by atoms with Gasteiger partial charge in [-0.15, -0.1) is 11.6 Å². The predicted octanol–water partition coefficient (Wildman–Crippen LogP) is 4.32. The molecular formula is C24H30ClN3O. The molecule has 154 valence electrons. The van der Waals surface area contributed by atoms with Gasteiger partial charge in [0.25, 0.3) is 0 Å². The lowest BCUT2D eigenvalue weighted by molar-refractivity contribution is -0.113. The lowest BCUT2D eigenvalue weighted by Crippen LogP contribution is -2.47. The van der Waals surface area contributed by atoms with Crippen LogP contribution in [-0.4, -0.2) is 48.4 Å². The van der Waals surface area contributed by atoms with Crippen molar-refractivity contribution >= 4 is 28.9 Å². The van der Waals surface area contributed by atoms with E-state index in [0.29, 0.717) is 12.1 Å². The van der Waals surface area contributed by atoms with E-state index in [4.69, 9.17) is 11.6 Å². The number of likely N-dealkylation sites (tertiary alicyclic amines) is 1. The highest BCUT2D eigenvalue weighted by Crippen LogP contribution is 2.32. The molecule has 4 nitrogen and oxygen atoms in total. The Hall–Kier alpha value is -2.04. The maximum Gasteiger partial charge on any atom is 0.239 e. The maximum atomic E-state index is 11.4. The summed E-state index contributed by atoms with van der Waals surface area (Å²) in [6, 6.07) is 18.2. The van der Waals surface area contributed by atoms with Crippen molar-refractivity contribution in [3.63, 3.8) is 0 Å². The molecule has 0 aromatic heterocycles. The number of nitrogens with one attached hydrogen (secondary N) is 1. The Morgan fingerprint density at radius 1 is 1.10 bits per heavy atom. The van der Waals surface area contributed by atoms with Gasteiger partial charge >= 0.3 is 0 Å². The van der Waals surface area contributed by atoms with E-state index in [1.165, 1.54) is 42.6 Å². The van der Waals surface area contributed by atoms with Crippen LogP contribution >= 0.6 is 11.6 Å². The number of halogens is 1. The molecule has 0 saturated carbocycles. The van der Waals surface area contributed by atoms with Gasteiger partial charge in [0.2, 0.25) is 5.91 Å². The van der Waals surface area contributed by atoms with Crippen molar-refractivity contribution in [2.45, 2.75) is 44.7 Å². The van der Waals surface area contributed by atoms with E-state index in [2.05, 4.69) is 58.4 Å². The van der Waals surface area contributed by atoms with Crippen molar-refractivity contribution in [1.29, 1.82) is 0 Å². The summed E-state index contributed by atoms with van der Waals surface area (Å²) < 4.78 is 0. The Morgan fingerprint density at radius 2 is 1.83 bits per heavy atom. The molecule has 29 heavy (non-hydrogen) atoms. The Kier molecular flexibility index (Phi) is 6.41. The summed E-state index contributed by atoms with van der Waals surface area (Å²) in [4.78, 5) is 16.7. The Morgan fingerprint density at radius 3 is 2.55 bits per heavy atom. The minimum Gasteiger partial charge on any atom is -0.368 e. The van der Waals surface area contributed by atoms with Gasteiger partial charge in [-0.25, -0.2) is 0 Å². The lowest BCUT2D eigenvalue weighted by atomic mass is 9.99. The topological polar surface area (TPSA) is 35.6 Å². The zero-order valence-corrected chi connectivity index (χ0v) is 17.9. The number of anilines is 2. The van der Waals surface area contributed by atoms with Crippen LogP contribution < -0.4 is 10.2 Å². The highest BCUT2D eigenvalue weighted by atomic mass is 35.5. The summed E-state index contributed by atoms with van der Waals surface area (Å²) in [5.74, 6) is -0.186. The molecule has 2 aromatic carbocycles. The molecule has 0 aliphatic carbocycles. The summed E-state index contributed by atoms with van der Waals surface area (Å²) in [5.41, 5.74) is 5.07. The fourth-order valence-electron chi connectivity index (χ4n) is 4.77. The van der Waals surface area contributed by atoms with E-state index in [1.807, 2.05) is 12.1 Å². The number of rotatable bonds is 6. The van der Waals surface area contributed by atoms with Crippen LogP contribution in [0.3, 0.4) is 0 Å². The second kappa shape index (κ2) is 9.19. The van der Waals surface area contributed by atoms with Crippen molar-refractivity contribution in [2.75, 3.05) is 35.7 Å². The fraction of sp³-hybridized carbons (Fsp3) is 0.458. The average Bonchev–Trinajstić information content (AvgIpc) is 3.19. The number of hydrogen-bond acceptors (Lipinski definition) is 3. The monoisotopic (exact) mass is 411 g/mol. The Bertz CT molecular complexity index is 830.